The van der Waals surface area contributed by atoms with Gasteiger partial charge < -0.3 is 14.6 Å². The molecule has 0 unspecified atom stereocenters. The van der Waals surface area contributed by atoms with E-state index in [1.165, 1.54) is 11.8 Å². The molecule has 0 atom stereocenters. The topological polar surface area (TPSA) is 76.1 Å². The van der Waals surface area contributed by atoms with Crippen molar-refractivity contribution in [3.63, 3.8) is 0 Å². The second kappa shape index (κ2) is 8.55. The quantitative estimate of drug-likeness (QED) is 0.433. The number of carboxylic acid groups (broad SMARTS) is 1. The lowest BCUT2D eigenvalue weighted by Gasteiger charge is -2.18. The number of unbranched alkanes of at least 4 members (excludes halogenated alkanes) is 2. The van der Waals surface area contributed by atoms with Gasteiger partial charge in [0.2, 0.25) is 0 Å². The molecule has 1 aromatic carbocycles. The Bertz CT molecular complexity index is 762. The second-order valence-corrected chi connectivity index (χ2v) is 7.62. The van der Waals surface area contributed by atoms with Crippen LogP contribution in [0.3, 0.4) is 0 Å². The zero-order valence-corrected chi connectivity index (χ0v) is 15.7. The highest BCUT2D eigenvalue weighted by Crippen LogP contribution is 2.35. The van der Waals surface area contributed by atoms with E-state index in [1.54, 1.807) is 4.90 Å². The highest BCUT2D eigenvalue weighted by atomic mass is 32.2. The molecule has 2 aliphatic rings. The number of fused-ring (bicyclic) bond motifs is 1. The van der Waals surface area contributed by atoms with Crippen molar-refractivity contribution in [1.29, 1.82) is 0 Å². The number of benzene rings is 1. The Morgan fingerprint density at radius 2 is 2.00 bits per heavy atom. The number of ether oxygens (including phenoxy) is 2. The van der Waals surface area contributed by atoms with E-state index in [9.17, 15) is 9.59 Å². The van der Waals surface area contributed by atoms with Crippen LogP contribution in [0.2, 0.25) is 0 Å². The molecule has 0 saturated carbocycles. The molecule has 0 radical (unpaired) electrons. The van der Waals surface area contributed by atoms with Crippen LogP contribution in [0.5, 0.6) is 11.5 Å². The van der Waals surface area contributed by atoms with Crippen LogP contribution in [-0.4, -0.2) is 46.0 Å². The van der Waals surface area contributed by atoms with E-state index in [4.69, 9.17) is 26.8 Å². The van der Waals surface area contributed by atoms with Gasteiger partial charge >= 0.3 is 5.97 Å². The number of thioether (sulfide) groups is 1. The third-order valence-corrected chi connectivity index (χ3v) is 5.39. The summed E-state index contributed by atoms with van der Waals surface area (Å²) in [5.41, 5.74) is 0.858. The predicted octanol–water partition coefficient (Wildman–Crippen LogP) is 3.30. The Hall–Kier alpha value is -2.06. The number of carboxylic acids is 1. The van der Waals surface area contributed by atoms with E-state index in [-0.39, 0.29) is 12.3 Å². The van der Waals surface area contributed by atoms with Gasteiger partial charge in [0.25, 0.3) is 5.91 Å². The number of carbonyl (C=O) groups excluding carboxylic acids is 1. The van der Waals surface area contributed by atoms with Crippen molar-refractivity contribution >= 4 is 46.3 Å². The number of thiocarbonyl (C=S) groups is 1. The predicted molar refractivity (Wildman–Crippen MR) is 103 cm³/mol. The first-order chi connectivity index (χ1) is 12.5. The Morgan fingerprint density at radius 1 is 1.23 bits per heavy atom. The first kappa shape index (κ1) is 18.7. The largest absolute Gasteiger partial charge is 0.486 e. The molecule has 2 heterocycles. The Morgan fingerprint density at radius 3 is 2.77 bits per heavy atom. The molecule has 1 saturated heterocycles. The molecule has 1 N–H and O–H groups in total. The average Bonchev–Trinajstić information content (AvgIpc) is 2.88. The number of aliphatic carboxylic acids is 1. The summed E-state index contributed by atoms with van der Waals surface area (Å²) in [6, 6.07) is 5.57. The van der Waals surface area contributed by atoms with Gasteiger partial charge in [-0.1, -0.05) is 36.5 Å². The maximum atomic E-state index is 12.6. The molecule has 2 aliphatic heterocycles. The van der Waals surface area contributed by atoms with Crippen molar-refractivity contribution in [2.45, 2.75) is 25.7 Å². The van der Waals surface area contributed by atoms with Crippen LogP contribution in [0.1, 0.15) is 31.2 Å². The summed E-state index contributed by atoms with van der Waals surface area (Å²) < 4.78 is 11.6. The van der Waals surface area contributed by atoms with E-state index in [0.29, 0.717) is 46.9 Å². The summed E-state index contributed by atoms with van der Waals surface area (Å²) in [6.45, 7) is 1.57. The fourth-order valence-corrected chi connectivity index (χ4v) is 4.03. The lowest BCUT2D eigenvalue weighted by molar-refractivity contribution is -0.137. The molecule has 3 rings (SSSR count). The van der Waals surface area contributed by atoms with Crippen LogP contribution in [0.15, 0.2) is 23.1 Å². The van der Waals surface area contributed by atoms with Crippen LogP contribution >= 0.6 is 24.0 Å². The van der Waals surface area contributed by atoms with Crippen molar-refractivity contribution < 1.29 is 24.2 Å². The molecule has 1 aromatic rings. The van der Waals surface area contributed by atoms with Gasteiger partial charge in [-0.2, -0.15) is 0 Å². The van der Waals surface area contributed by atoms with Crippen molar-refractivity contribution in [3.05, 3.63) is 28.7 Å². The second-order valence-electron chi connectivity index (χ2n) is 5.94. The summed E-state index contributed by atoms with van der Waals surface area (Å²) in [7, 11) is 0. The Labute approximate surface area is 161 Å². The van der Waals surface area contributed by atoms with E-state index in [2.05, 4.69) is 0 Å². The molecular formula is C18H19NO5S2. The number of hydrogen-bond acceptors (Lipinski definition) is 6. The third kappa shape index (κ3) is 4.56. The number of amides is 1. The van der Waals surface area contributed by atoms with Crippen LogP contribution < -0.4 is 9.47 Å². The molecule has 0 aliphatic carbocycles. The highest BCUT2D eigenvalue weighted by Gasteiger charge is 2.31. The van der Waals surface area contributed by atoms with Crippen molar-refractivity contribution in [2.75, 3.05) is 19.8 Å². The zero-order chi connectivity index (χ0) is 18.5. The third-order valence-electron chi connectivity index (χ3n) is 4.01. The molecule has 0 spiro atoms. The van der Waals surface area contributed by atoms with E-state index >= 15 is 0 Å². The normalized spacial score (nSPS) is 17.8. The van der Waals surface area contributed by atoms with E-state index in [0.717, 1.165) is 18.4 Å². The maximum absolute atomic E-state index is 12.6. The summed E-state index contributed by atoms with van der Waals surface area (Å²) in [5.74, 6) is 0.493. The standard InChI is InChI=1S/C18H19NO5S2/c20-16(21)4-2-1-3-7-19-17(22)15(26-18(19)25)11-12-5-6-13-14(10-12)24-9-8-23-13/h5-6,10-11H,1-4,7-9H2,(H,20,21)/b15-11-. The Balaban J connectivity index is 1.61. The Kier molecular flexibility index (Phi) is 6.16. The van der Waals surface area contributed by atoms with Crippen LogP contribution in [0.4, 0.5) is 0 Å². The molecule has 8 heteroatoms. The van der Waals surface area contributed by atoms with Crippen molar-refractivity contribution in [1.82, 2.24) is 4.90 Å². The first-order valence-electron chi connectivity index (χ1n) is 8.41. The zero-order valence-electron chi connectivity index (χ0n) is 14.1. The van der Waals surface area contributed by atoms with E-state index < -0.39 is 5.97 Å². The molecule has 138 valence electrons. The van der Waals surface area contributed by atoms with Crippen LogP contribution in [0.25, 0.3) is 6.08 Å². The number of nitrogens with zero attached hydrogens (tertiary/aromatic N) is 1. The monoisotopic (exact) mass is 393 g/mol. The molecule has 1 fully saturated rings. The number of rotatable bonds is 7. The lowest BCUT2D eigenvalue weighted by atomic mass is 10.1. The number of carbonyl (C=O) groups is 2. The maximum Gasteiger partial charge on any atom is 0.303 e. The molecular weight excluding hydrogens is 374 g/mol. The average molecular weight is 393 g/mol. The van der Waals surface area contributed by atoms with Gasteiger partial charge in [0.05, 0.1) is 4.91 Å². The molecule has 26 heavy (non-hydrogen) atoms. The summed E-state index contributed by atoms with van der Waals surface area (Å²) >= 11 is 6.60. The van der Waals surface area contributed by atoms with Crippen LogP contribution in [-0.2, 0) is 9.59 Å². The molecule has 6 nitrogen and oxygen atoms in total. The fourth-order valence-electron chi connectivity index (χ4n) is 2.72. The first-order valence-corrected chi connectivity index (χ1v) is 9.64. The minimum atomic E-state index is -0.794. The van der Waals surface area contributed by atoms with Gasteiger partial charge in [0, 0.05) is 13.0 Å². The van der Waals surface area contributed by atoms with Gasteiger partial charge in [-0.15, -0.1) is 0 Å². The van der Waals surface area contributed by atoms with Gasteiger partial charge in [0.15, 0.2) is 11.5 Å². The fraction of sp³-hybridized carbons (Fsp3) is 0.389. The summed E-state index contributed by atoms with van der Waals surface area (Å²) in [6.07, 6.45) is 4.06. The van der Waals surface area contributed by atoms with E-state index in [1.807, 2.05) is 24.3 Å². The van der Waals surface area contributed by atoms with Gasteiger partial charge in [-0.3, -0.25) is 14.5 Å². The highest BCUT2D eigenvalue weighted by molar-refractivity contribution is 8.26. The number of hydrogen-bond donors (Lipinski definition) is 1. The molecule has 1 amide bonds. The van der Waals surface area contributed by atoms with Gasteiger partial charge in [-0.25, -0.2) is 0 Å². The summed E-state index contributed by atoms with van der Waals surface area (Å²) in [5, 5.41) is 8.64. The minimum Gasteiger partial charge on any atom is -0.486 e. The van der Waals surface area contributed by atoms with Gasteiger partial charge in [-0.05, 0) is 36.6 Å². The van der Waals surface area contributed by atoms with Crippen molar-refractivity contribution in [3.8, 4) is 11.5 Å². The molecule has 0 bridgehead atoms. The van der Waals surface area contributed by atoms with Crippen LogP contribution in [0, 0.1) is 0 Å². The smallest absolute Gasteiger partial charge is 0.303 e. The minimum absolute atomic E-state index is 0.104. The van der Waals surface area contributed by atoms with Crippen molar-refractivity contribution in [2.24, 2.45) is 0 Å². The SMILES string of the molecule is O=C(O)CCCCCN1C(=O)/C(=C/c2ccc3c(c2)OCCO3)SC1=S. The lowest BCUT2D eigenvalue weighted by Crippen LogP contribution is -2.29. The van der Waals surface area contributed by atoms with Gasteiger partial charge in [0.1, 0.15) is 17.5 Å². The summed E-state index contributed by atoms with van der Waals surface area (Å²) in [4.78, 5) is 25.3. The molecule has 0 aromatic heterocycles.